The van der Waals surface area contributed by atoms with Gasteiger partial charge in [0.15, 0.2) is 0 Å². The van der Waals surface area contributed by atoms with Crippen LogP contribution >= 0.6 is 0 Å². The maximum atomic E-state index is 11.5. The summed E-state index contributed by atoms with van der Waals surface area (Å²) >= 11 is 0. The van der Waals surface area contributed by atoms with E-state index in [1.165, 1.54) is 44.9 Å². The van der Waals surface area contributed by atoms with E-state index in [0.717, 1.165) is 12.8 Å². The van der Waals surface area contributed by atoms with Gasteiger partial charge in [-0.1, -0.05) is 51.9 Å². The highest BCUT2D eigenvalue weighted by Crippen LogP contribution is 2.10. The molecule has 0 fully saturated rings. The average Bonchev–Trinajstić information content (AvgIpc) is 2.32. The van der Waals surface area contributed by atoms with Gasteiger partial charge < -0.3 is 4.74 Å². The third-order valence-electron chi connectivity index (χ3n) is 3.23. The van der Waals surface area contributed by atoms with Gasteiger partial charge >= 0.3 is 0 Å². The van der Waals surface area contributed by atoms with Gasteiger partial charge in [-0.05, 0) is 13.3 Å². The summed E-state index contributed by atoms with van der Waals surface area (Å²) in [6.07, 6.45) is 11.7. The van der Waals surface area contributed by atoms with Crippen molar-refractivity contribution in [2.45, 2.75) is 84.2 Å². The number of Topliss-reactive ketones (excluding diaryl/α,β-unsaturated/α-hetero) is 1. The van der Waals surface area contributed by atoms with Crippen LogP contribution in [0.15, 0.2) is 0 Å². The number of hydrogen-bond acceptors (Lipinski definition) is 2. The van der Waals surface area contributed by atoms with Crippen molar-refractivity contribution in [3.05, 3.63) is 0 Å². The highest BCUT2D eigenvalue weighted by Gasteiger charge is 2.07. The van der Waals surface area contributed by atoms with Gasteiger partial charge in [-0.25, -0.2) is 0 Å². The van der Waals surface area contributed by atoms with Gasteiger partial charge in [0.1, 0.15) is 5.78 Å². The zero-order chi connectivity index (χ0) is 12.9. The van der Waals surface area contributed by atoms with Crippen molar-refractivity contribution in [1.82, 2.24) is 0 Å². The Morgan fingerprint density at radius 1 is 1.00 bits per heavy atom. The first-order valence-electron chi connectivity index (χ1n) is 7.25. The van der Waals surface area contributed by atoms with Gasteiger partial charge in [0.25, 0.3) is 0 Å². The molecule has 0 N–H and O–H groups in total. The molecule has 0 aliphatic rings. The van der Waals surface area contributed by atoms with E-state index in [2.05, 4.69) is 6.92 Å². The van der Waals surface area contributed by atoms with Crippen LogP contribution in [-0.2, 0) is 9.53 Å². The Hall–Kier alpha value is -0.370. The first-order valence-corrected chi connectivity index (χ1v) is 7.25. The topological polar surface area (TPSA) is 26.3 Å². The van der Waals surface area contributed by atoms with Gasteiger partial charge in [0.05, 0.1) is 6.10 Å². The van der Waals surface area contributed by atoms with E-state index < -0.39 is 0 Å². The van der Waals surface area contributed by atoms with E-state index in [1.807, 2.05) is 6.92 Å². The minimum absolute atomic E-state index is 0.0801. The first kappa shape index (κ1) is 16.6. The second-order valence-electron chi connectivity index (χ2n) is 5.01. The van der Waals surface area contributed by atoms with E-state index in [9.17, 15) is 4.79 Å². The fraction of sp³-hybridized carbons (Fsp3) is 0.933. The van der Waals surface area contributed by atoms with Crippen LogP contribution in [0, 0.1) is 0 Å². The molecule has 0 amide bonds. The lowest BCUT2D eigenvalue weighted by Gasteiger charge is -2.07. The lowest BCUT2D eigenvalue weighted by atomic mass is 10.0. The number of unbranched alkanes of at least 4 members (excludes halogenated alkanes) is 7. The van der Waals surface area contributed by atoms with Crippen LogP contribution in [-0.4, -0.2) is 19.0 Å². The molecule has 1 unspecified atom stereocenters. The van der Waals surface area contributed by atoms with E-state index >= 15 is 0 Å². The SMILES string of the molecule is CCCCCCCCCCC(=O)CC(C)OC. The van der Waals surface area contributed by atoms with Gasteiger partial charge in [-0.15, -0.1) is 0 Å². The van der Waals surface area contributed by atoms with E-state index in [1.54, 1.807) is 7.11 Å². The molecule has 0 aromatic carbocycles. The van der Waals surface area contributed by atoms with Crippen molar-refractivity contribution < 1.29 is 9.53 Å². The Morgan fingerprint density at radius 3 is 2.06 bits per heavy atom. The average molecular weight is 242 g/mol. The molecule has 2 nitrogen and oxygen atoms in total. The van der Waals surface area contributed by atoms with E-state index in [-0.39, 0.29) is 6.10 Å². The van der Waals surface area contributed by atoms with Crippen molar-refractivity contribution >= 4 is 5.78 Å². The standard InChI is InChI=1S/C15H30O2/c1-4-5-6-7-8-9-10-11-12-15(16)13-14(2)17-3/h14H,4-13H2,1-3H3. The maximum absolute atomic E-state index is 11.5. The molecule has 0 heterocycles. The van der Waals surface area contributed by atoms with Crippen LogP contribution in [0.25, 0.3) is 0 Å². The Kier molecular flexibility index (Phi) is 11.8. The van der Waals surface area contributed by atoms with Crippen molar-refractivity contribution in [2.24, 2.45) is 0 Å². The summed E-state index contributed by atoms with van der Waals surface area (Å²) in [5.74, 6) is 0.352. The molecule has 0 aromatic heterocycles. The Bertz CT molecular complexity index is 178. The molecule has 0 rings (SSSR count). The summed E-state index contributed by atoms with van der Waals surface area (Å²) < 4.78 is 5.08. The molecule has 0 saturated carbocycles. The lowest BCUT2D eigenvalue weighted by molar-refractivity contribution is -0.121. The highest BCUT2D eigenvalue weighted by atomic mass is 16.5. The van der Waals surface area contributed by atoms with Crippen LogP contribution in [0.5, 0.6) is 0 Å². The second kappa shape index (κ2) is 12.1. The smallest absolute Gasteiger partial charge is 0.135 e. The van der Waals surface area contributed by atoms with Gasteiger partial charge in [0.2, 0.25) is 0 Å². The lowest BCUT2D eigenvalue weighted by Crippen LogP contribution is -2.11. The summed E-state index contributed by atoms with van der Waals surface area (Å²) in [4.78, 5) is 11.5. The molecule has 2 heteroatoms. The normalized spacial score (nSPS) is 12.6. The quantitative estimate of drug-likeness (QED) is 0.471. The molecule has 0 spiro atoms. The Balaban J connectivity index is 3.19. The molecular formula is C15H30O2. The largest absolute Gasteiger partial charge is 0.381 e. The van der Waals surface area contributed by atoms with Crippen molar-refractivity contribution in [3.8, 4) is 0 Å². The molecule has 1 atom stereocenters. The fourth-order valence-corrected chi connectivity index (χ4v) is 1.96. The van der Waals surface area contributed by atoms with Crippen molar-refractivity contribution in [1.29, 1.82) is 0 Å². The molecule has 0 aliphatic carbocycles. The van der Waals surface area contributed by atoms with Crippen LogP contribution < -0.4 is 0 Å². The number of ether oxygens (including phenoxy) is 1. The maximum Gasteiger partial charge on any atom is 0.135 e. The third kappa shape index (κ3) is 11.9. The van der Waals surface area contributed by atoms with E-state index in [0.29, 0.717) is 12.2 Å². The molecule has 102 valence electrons. The predicted octanol–water partition coefficient (Wildman–Crippen LogP) is 4.51. The first-order chi connectivity index (χ1) is 8.20. The molecule has 0 bridgehead atoms. The number of methoxy groups -OCH3 is 1. The van der Waals surface area contributed by atoms with Crippen LogP contribution in [0.3, 0.4) is 0 Å². The molecular weight excluding hydrogens is 212 g/mol. The summed E-state index contributed by atoms with van der Waals surface area (Å²) in [7, 11) is 1.66. The van der Waals surface area contributed by atoms with Gasteiger partial charge in [0, 0.05) is 20.0 Å². The van der Waals surface area contributed by atoms with Crippen LogP contribution in [0.2, 0.25) is 0 Å². The minimum Gasteiger partial charge on any atom is -0.381 e. The second-order valence-corrected chi connectivity index (χ2v) is 5.01. The highest BCUT2D eigenvalue weighted by molar-refractivity contribution is 5.78. The van der Waals surface area contributed by atoms with Crippen molar-refractivity contribution in [3.63, 3.8) is 0 Å². The monoisotopic (exact) mass is 242 g/mol. The molecule has 0 radical (unpaired) electrons. The minimum atomic E-state index is 0.0801. The summed E-state index contributed by atoms with van der Waals surface area (Å²) in [6.45, 7) is 4.19. The zero-order valence-corrected chi connectivity index (χ0v) is 12.0. The van der Waals surface area contributed by atoms with Crippen LogP contribution in [0.1, 0.15) is 78.1 Å². The third-order valence-corrected chi connectivity index (χ3v) is 3.23. The molecule has 17 heavy (non-hydrogen) atoms. The fourth-order valence-electron chi connectivity index (χ4n) is 1.96. The van der Waals surface area contributed by atoms with Crippen molar-refractivity contribution in [2.75, 3.05) is 7.11 Å². The zero-order valence-electron chi connectivity index (χ0n) is 12.0. The Morgan fingerprint density at radius 2 is 1.53 bits per heavy atom. The number of rotatable bonds is 12. The van der Waals surface area contributed by atoms with Gasteiger partial charge in [-0.2, -0.15) is 0 Å². The summed E-state index contributed by atoms with van der Waals surface area (Å²) in [6, 6.07) is 0. The molecule has 0 saturated heterocycles. The molecule has 0 aromatic rings. The predicted molar refractivity (Wildman–Crippen MR) is 73.3 cm³/mol. The number of hydrogen-bond donors (Lipinski definition) is 0. The summed E-state index contributed by atoms with van der Waals surface area (Å²) in [5.41, 5.74) is 0. The van der Waals surface area contributed by atoms with E-state index in [4.69, 9.17) is 4.74 Å². The molecule has 0 aliphatic heterocycles. The Labute approximate surface area is 107 Å². The van der Waals surface area contributed by atoms with Gasteiger partial charge in [-0.3, -0.25) is 4.79 Å². The number of carbonyl (C=O) groups is 1. The van der Waals surface area contributed by atoms with Crippen LogP contribution in [0.4, 0.5) is 0 Å². The number of carbonyl (C=O) groups excluding carboxylic acids is 1. The number of ketones is 1. The summed E-state index contributed by atoms with van der Waals surface area (Å²) in [5, 5.41) is 0.